The first-order valence-corrected chi connectivity index (χ1v) is 7.94. The van der Waals surface area contributed by atoms with Gasteiger partial charge in [-0.2, -0.15) is 0 Å². The van der Waals surface area contributed by atoms with Crippen molar-refractivity contribution < 1.29 is 0 Å². The van der Waals surface area contributed by atoms with E-state index in [1.165, 1.54) is 38.9 Å². The van der Waals surface area contributed by atoms with Crippen molar-refractivity contribution in [3.05, 3.63) is 0 Å². The molecule has 122 valence electrons. The average molecular weight is 406 g/mol. The van der Waals surface area contributed by atoms with E-state index in [-0.39, 0.29) is 24.0 Å². The third kappa shape index (κ3) is 9.97. The van der Waals surface area contributed by atoms with Crippen LogP contribution in [0, 0.1) is 18.3 Å². The van der Waals surface area contributed by atoms with Gasteiger partial charge >= 0.3 is 0 Å². The lowest BCUT2D eigenvalue weighted by atomic mass is 9.99. The standard InChI is InChI=1S/C16H30N4.HI/c1-4-10-18-16(17-5-2)19-11-6-7-12-20-13-8-15(3)9-14-20;/h1,15H,5-14H2,2-3H3,(H2,17,18,19);1H. The zero-order valence-corrected chi connectivity index (χ0v) is 15.9. The Kier molecular flexibility index (Phi) is 12.9. The molecule has 0 amide bonds. The molecule has 1 fully saturated rings. The van der Waals surface area contributed by atoms with Crippen molar-refractivity contribution in [3.63, 3.8) is 0 Å². The van der Waals surface area contributed by atoms with E-state index < -0.39 is 0 Å². The molecule has 5 heteroatoms. The van der Waals surface area contributed by atoms with Gasteiger partial charge in [0, 0.05) is 13.1 Å². The molecule has 0 bridgehead atoms. The first-order valence-electron chi connectivity index (χ1n) is 7.94. The maximum absolute atomic E-state index is 5.24. The van der Waals surface area contributed by atoms with Gasteiger partial charge in [-0.3, -0.25) is 4.99 Å². The monoisotopic (exact) mass is 406 g/mol. The van der Waals surface area contributed by atoms with Crippen molar-refractivity contribution in [2.24, 2.45) is 10.9 Å². The average Bonchev–Trinajstić information content (AvgIpc) is 2.46. The summed E-state index contributed by atoms with van der Waals surface area (Å²) in [5.41, 5.74) is 0. The lowest BCUT2D eigenvalue weighted by Crippen LogP contribution is -2.37. The Hall–Kier alpha value is -0.480. The van der Waals surface area contributed by atoms with Crippen molar-refractivity contribution in [3.8, 4) is 12.3 Å². The van der Waals surface area contributed by atoms with Crippen LogP contribution in [0.3, 0.4) is 0 Å². The molecule has 1 heterocycles. The molecule has 2 N–H and O–H groups in total. The minimum Gasteiger partial charge on any atom is -0.357 e. The summed E-state index contributed by atoms with van der Waals surface area (Å²) in [6, 6.07) is 0. The minimum absolute atomic E-state index is 0. The van der Waals surface area contributed by atoms with E-state index in [4.69, 9.17) is 6.42 Å². The number of rotatable bonds is 7. The smallest absolute Gasteiger partial charge is 0.192 e. The van der Waals surface area contributed by atoms with Crippen LogP contribution < -0.4 is 10.6 Å². The van der Waals surface area contributed by atoms with E-state index in [0.29, 0.717) is 6.54 Å². The number of unbranched alkanes of at least 4 members (excludes halogenated alkanes) is 1. The normalized spacial score (nSPS) is 16.9. The Bertz CT molecular complexity index is 317. The third-order valence-electron chi connectivity index (χ3n) is 3.73. The Morgan fingerprint density at radius 1 is 1.29 bits per heavy atom. The number of terminal acetylenes is 1. The number of nitrogens with zero attached hydrogens (tertiary/aromatic N) is 2. The second-order valence-electron chi connectivity index (χ2n) is 5.55. The van der Waals surface area contributed by atoms with Crippen molar-refractivity contribution in [2.75, 3.05) is 39.3 Å². The fourth-order valence-electron chi connectivity index (χ4n) is 2.40. The van der Waals surface area contributed by atoms with Crippen molar-refractivity contribution in [2.45, 2.75) is 39.5 Å². The number of piperidine rings is 1. The summed E-state index contributed by atoms with van der Waals surface area (Å²) in [5.74, 6) is 4.31. The SMILES string of the molecule is C#CCNC(=NCCCCN1CCC(C)CC1)NCC.I. The lowest BCUT2D eigenvalue weighted by molar-refractivity contribution is 0.190. The molecule has 0 spiro atoms. The van der Waals surface area contributed by atoms with Crippen molar-refractivity contribution >= 4 is 29.9 Å². The van der Waals surface area contributed by atoms with E-state index >= 15 is 0 Å². The van der Waals surface area contributed by atoms with E-state index in [1.807, 2.05) is 0 Å². The first-order chi connectivity index (χ1) is 9.76. The highest BCUT2D eigenvalue weighted by Gasteiger charge is 2.14. The van der Waals surface area contributed by atoms with Gasteiger partial charge in [-0.05, 0) is 58.2 Å². The van der Waals surface area contributed by atoms with Crippen LogP contribution in [0.15, 0.2) is 4.99 Å². The van der Waals surface area contributed by atoms with Crippen LogP contribution in [0.5, 0.6) is 0 Å². The molecule has 1 aliphatic rings. The van der Waals surface area contributed by atoms with Crippen LogP contribution in [0.2, 0.25) is 0 Å². The number of hydrogen-bond donors (Lipinski definition) is 2. The first kappa shape index (κ1) is 20.5. The summed E-state index contributed by atoms with van der Waals surface area (Å²) < 4.78 is 0. The predicted octanol–water partition coefficient (Wildman–Crippen LogP) is 2.30. The van der Waals surface area contributed by atoms with Gasteiger partial charge < -0.3 is 15.5 Å². The van der Waals surface area contributed by atoms with Crippen LogP contribution >= 0.6 is 24.0 Å². The summed E-state index contributed by atoms with van der Waals surface area (Å²) in [6.07, 6.45) is 10.3. The molecule has 0 aromatic heterocycles. The molecule has 1 saturated heterocycles. The van der Waals surface area contributed by atoms with Gasteiger partial charge in [-0.15, -0.1) is 30.4 Å². The number of guanidine groups is 1. The summed E-state index contributed by atoms with van der Waals surface area (Å²) in [7, 11) is 0. The molecule has 0 saturated carbocycles. The maximum Gasteiger partial charge on any atom is 0.192 e. The zero-order valence-electron chi connectivity index (χ0n) is 13.5. The minimum atomic E-state index is 0. The summed E-state index contributed by atoms with van der Waals surface area (Å²) in [5, 5.41) is 6.30. The van der Waals surface area contributed by atoms with Gasteiger partial charge in [0.2, 0.25) is 0 Å². The molecule has 0 atom stereocenters. The van der Waals surface area contributed by atoms with Crippen LogP contribution in [0.25, 0.3) is 0 Å². The Morgan fingerprint density at radius 3 is 2.62 bits per heavy atom. The zero-order chi connectivity index (χ0) is 14.6. The highest BCUT2D eigenvalue weighted by atomic mass is 127. The van der Waals surface area contributed by atoms with Gasteiger partial charge in [0.25, 0.3) is 0 Å². The largest absolute Gasteiger partial charge is 0.357 e. The maximum atomic E-state index is 5.24. The fourth-order valence-corrected chi connectivity index (χ4v) is 2.40. The molecular formula is C16H31IN4. The van der Waals surface area contributed by atoms with Crippen LogP contribution in [-0.2, 0) is 0 Å². The highest BCUT2D eigenvalue weighted by Crippen LogP contribution is 2.16. The second-order valence-corrected chi connectivity index (χ2v) is 5.55. The van der Waals surface area contributed by atoms with E-state index in [9.17, 15) is 0 Å². The van der Waals surface area contributed by atoms with Crippen LogP contribution in [0.4, 0.5) is 0 Å². The molecule has 0 radical (unpaired) electrons. The molecule has 0 aromatic rings. The van der Waals surface area contributed by atoms with Gasteiger partial charge in [0.15, 0.2) is 5.96 Å². The Labute approximate surface area is 147 Å². The molecule has 0 aromatic carbocycles. The number of halogens is 1. The van der Waals surface area contributed by atoms with E-state index in [2.05, 4.69) is 40.3 Å². The highest BCUT2D eigenvalue weighted by molar-refractivity contribution is 14.0. The Balaban J connectivity index is 0.00000400. The number of aliphatic imine (C=N–C) groups is 1. The summed E-state index contributed by atoms with van der Waals surface area (Å²) in [4.78, 5) is 7.11. The van der Waals surface area contributed by atoms with Crippen molar-refractivity contribution in [1.29, 1.82) is 0 Å². The molecule has 0 aliphatic carbocycles. The van der Waals surface area contributed by atoms with Crippen molar-refractivity contribution in [1.82, 2.24) is 15.5 Å². The number of nitrogens with one attached hydrogen (secondary N) is 2. The van der Waals surface area contributed by atoms with E-state index in [1.54, 1.807) is 0 Å². The number of likely N-dealkylation sites (tertiary alicyclic amines) is 1. The van der Waals surface area contributed by atoms with Gasteiger partial charge in [0.1, 0.15) is 0 Å². The summed E-state index contributed by atoms with van der Waals surface area (Å²) in [6.45, 7) is 10.4. The van der Waals surface area contributed by atoms with Gasteiger partial charge in [0.05, 0.1) is 6.54 Å². The molecular weight excluding hydrogens is 375 g/mol. The van der Waals surface area contributed by atoms with E-state index in [0.717, 1.165) is 31.4 Å². The lowest BCUT2D eigenvalue weighted by Gasteiger charge is -2.30. The molecule has 4 nitrogen and oxygen atoms in total. The number of hydrogen-bond acceptors (Lipinski definition) is 2. The second kappa shape index (κ2) is 13.2. The molecule has 0 unspecified atom stereocenters. The molecule has 1 rings (SSSR count). The Morgan fingerprint density at radius 2 is 2.00 bits per heavy atom. The van der Waals surface area contributed by atoms with Crippen LogP contribution in [0.1, 0.15) is 39.5 Å². The molecule has 21 heavy (non-hydrogen) atoms. The van der Waals surface area contributed by atoms with Gasteiger partial charge in [-0.25, -0.2) is 0 Å². The third-order valence-corrected chi connectivity index (χ3v) is 3.73. The molecule has 1 aliphatic heterocycles. The predicted molar refractivity (Wildman–Crippen MR) is 102 cm³/mol. The quantitative estimate of drug-likeness (QED) is 0.224. The van der Waals surface area contributed by atoms with Crippen LogP contribution in [-0.4, -0.2) is 50.1 Å². The van der Waals surface area contributed by atoms with Gasteiger partial charge in [-0.1, -0.05) is 12.8 Å². The summed E-state index contributed by atoms with van der Waals surface area (Å²) >= 11 is 0. The topological polar surface area (TPSA) is 39.7 Å². The fraction of sp³-hybridized carbons (Fsp3) is 0.812.